The molecule has 0 saturated heterocycles. The summed E-state index contributed by atoms with van der Waals surface area (Å²) in [5.74, 6) is -0.841. The van der Waals surface area contributed by atoms with E-state index in [0.717, 1.165) is 12.1 Å². The highest BCUT2D eigenvalue weighted by Crippen LogP contribution is 2.32. The van der Waals surface area contributed by atoms with Crippen molar-refractivity contribution in [2.75, 3.05) is 20.3 Å². The molecular formula is C24H20ClF3N2O4. The SMILES string of the molecule is COCCNC(=O)/C(=C\c1ccc(-c2cccc(C(F)(F)F)c2)o1)NC(=O)c1ccc(Cl)cc1. The van der Waals surface area contributed by atoms with E-state index in [1.807, 2.05) is 0 Å². The van der Waals surface area contributed by atoms with Gasteiger partial charge in [-0.1, -0.05) is 23.7 Å². The van der Waals surface area contributed by atoms with Crippen LogP contribution in [-0.4, -0.2) is 32.1 Å². The highest BCUT2D eigenvalue weighted by molar-refractivity contribution is 6.30. The van der Waals surface area contributed by atoms with Crippen molar-refractivity contribution in [3.63, 3.8) is 0 Å². The first kappa shape index (κ1) is 25.1. The van der Waals surface area contributed by atoms with E-state index in [0.29, 0.717) is 5.02 Å². The molecule has 2 aromatic carbocycles. The van der Waals surface area contributed by atoms with Crippen LogP contribution >= 0.6 is 11.6 Å². The minimum atomic E-state index is -4.50. The molecule has 3 rings (SSSR count). The van der Waals surface area contributed by atoms with E-state index < -0.39 is 23.6 Å². The molecule has 178 valence electrons. The molecule has 10 heteroatoms. The summed E-state index contributed by atoms with van der Waals surface area (Å²) < 4.78 is 49.6. The highest BCUT2D eigenvalue weighted by atomic mass is 35.5. The molecule has 0 atom stereocenters. The molecule has 0 unspecified atom stereocenters. The summed E-state index contributed by atoms with van der Waals surface area (Å²) in [5, 5.41) is 5.57. The Kier molecular flexibility index (Phi) is 8.14. The highest BCUT2D eigenvalue weighted by Gasteiger charge is 2.30. The number of alkyl halides is 3. The van der Waals surface area contributed by atoms with Crippen LogP contribution < -0.4 is 10.6 Å². The molecule has 0 radical (unpaired) electrons. The first-order chi connectivity index (χ1) is 16.2. The molecule has 0 aliphatic rings. The lowest BCUT2D eigenvalue weighted by Gasteiger charge is -2.10. The first-order valence-corrected chi connectivity index (χ1v) is 10.4. The molecule has 0 spiro atoms. The summed E-state index contributed by atoms with van der Waals surface area (Å²) >= 11 is 5.84. The van der Waals surface area contributed by atoms with Gasteiger partial charge in [-0.15, -0.1) is 0 Å². The number of methoxy groups -OCH3 is 1. The van der Waals surface area contributed by atoms with E-state index in [9.17, 15) is 22.8 Å². The van der Waals surface area contributed by atoms with Crippen molar-refractivity contribution in [3.8, 4) is 11.3 Å². The maximum atomic E-state index is 13.0. The van der Waals surface area contributed by atoms with Gasteiger partial charge in [0.2, 0.25) is 0 Å². The summed E-state index contributed by atoms with van der Waals surface area (Å²) in [6, 6.07) is 13.7. The molecule has 1 heterocycles. The fraction of sp³-hybridized carbons (Fsp3) is 0.167. The molecule has 3 aromatic rings. The lowest BCUT2D eigenvalue weighted by Crippen LogP contribution is -2.36. The van der Waals surface area contributed by atoms with Crippen molar-refractivity contribution in [1.29, 1.82) is 0 Å². The van der Waals surface area contributed by atoms with E-state index >= 15 is 0 Å². The summed E-state index contributed by atoms with van der Waals surface area (Å²) in [5.41, 5.74) is -0.456. The Bertz CT molecular complexity index is 1190. The number of carbonyl (C=O) groups is 2. The van der Waals surface area contributed by atoms with Gasteiger partial charge in [0.25, 0.3) is 11.8 Å². The zero-order valence-corrected chi connectivity index (χ0v) is 18.7. The van der Waals surface area contributed by atoms with Gasteiger partial charge < -0.3 is 19.8 Å². The third-order valence-corrected chi connectivity index (χ3v) is 4.83. The zero-order chi connectivity index (χ0) is 24.7. The Morgan fingerprint density at radius 1 is 1.09 bits per heavy atom. The molecule has 2 amide bonds. The second kappa shape index (κ2) is 11.0. The monoisotopic (exact) mass is 492 g/mol. The largest absolute Gasteiger partial charge is 0.457 e. The Balaban J connectivity index is 1.87. The number of nitrogens with one attached hydrogen (secondary N) is 2. The first-order valence-electron chi connectivity index (χ1n) is 10.0. The minimum absolute atomic E-state index is 0.124. The Morgan fingerprint density at radius 2 is 1.82 bits per heavy atom. The lowest BCUT2D eigenvalue weighted by molar-refractivity contribution is -0.137. The van der Waals surface area contributed by atoms with Crippen molar-refractivity contribution >= 4 is 29.5 Å². The average molecular weight is 493 g/mol. The molecule has 2 N–H and O–H groups in total. The predicted octanol–water partition coefficient (Wildman–Crippen LogP) is 5.15. The summed E-state index contributed by atoms with van der Waals surface area (Å²) in [6.45, 7) is 0.446. The number of benzene rings is 2. The quantitative estimate of drug-likeness (QED) is 0.336. The second-order valence-electron chi connectivity index (χ2n) is 7.05. The van der Waals surface area contributed by atoms with Crippen LogP contribution in [0.25, 0.3) is 17.4 Å². The zero-order valence-electron chi connectivity index (χ0n) is 17.9. The molecule has 1 aromatic heterocycles. The van der Waals surface area contributed by atoms with Gasteiger partial charge in [-0.05, 0) is 48.5 Å². The Morgan fingerprint density at radius 3 is 2.50 bits per heavy atom. The number of furan rings is 1. The van der Waals surface area contributed by atoms with Crippen molar-refractivity contribution in [2.45, 2.75) is 6.18 Å². The summed E-state index contributed by atoms with van der Waals surface area (Å²) in [7, 11) is 1.48. The predicted molar refractivity (Wildman–Crippen MR) is 121 cm³/mol. The summed E-state index contributed by atoms with van der Waals surface area (Å²) in [6.07, 6.45) is -3.21. The van der Waals surface area contributed by atoms with Gasteiger partial charge in [-0.25, -0.2) is 0 Å². The molecule has 6 nitrogen and oxygen atoms in total. The maximum Gasteiger partial charge on any atom is 0.416 e. The number of halogens is 4. The fourth-order valence-corrected chi connectivity index (χ4v) is 3.02. The van der Waals surface area contributed by atoms with E-state index in [-0.39, 0.29) is 41.5 Å². The van der Waals surface area contributed by atoms with Gasteiger partial charge in [0.1, 0.15) is 17.2 Å². The third kappa shape index (κ3) is 6.72. The topological polar surface area (TPSA) is 80.6 Å². The molecule has 0 saturated carbocycles. The van der Waals surface area contributed by atoms with Crippen molar-refractivity contribution < 1.29 is 31.9 Å². The Hall–Kier alpha value is -3.56. The van der Waals surface area contributed by atoms with Gasteiger partial charge in [0, 0.05) is 35.9 Å². The van der Waals surface area contributed by atoms with Gasteiger partial charge in [-0.2, -0.15) is 13.2 Å². The molecule has 34 heavy (non-hydrogen) atoms. The number of hydrogen-bond donors (Lipinski definition) is 2. The van der Waals surface area contributed by atoms with Crippen LogP contribution in [0, 0.1) is 0 Å². The van der Waals surface area contributed by atoms with Crippen molar-refractivity contribution in [1.82, 2.24) is 10.6 Å². The minimum Gasteiger partial charge on any atom is -0.457 e. The average Bonchev–Trinajstić information content (AvgIpc) is 3.27. The Labute approximate surface area is 198 Å². The van der Waals surface area contributed by atoms with Gasteiger partial charge in [0.05, 0.1) is 12.2 Å². The second-order valence-corrected chi connectivity index (χ2v) is 7.48. The molecule has 0 fully saturated rings. The lowest BCUT2D eigenvalue weighted by atomic mass is 10.1. The van der Waals surface area contributed by atoms with Crippen molar-refractivity contribution in [3.05, 3.63) is 88.3 Å². The maximum absolute atomic E-state index is 13.0. The van der Waals surface area contributed by atoms with E-state index in [1.54, 1.807) is 0 Å². The standard InChI is InChI=1S/C24H20ClF3N2O4/c1-33-12-11-29-23(32)20(30-22(31)15-5-7-18(25)8-6-15)14-19-9-10-21(34-19)16-3-2-4-17(13-16)24(26,27)28/h2-10,13-14H,11-12H2,1H3,(H,29,32)(H,30,31)/b20-14+. The van der Waals surface area contributed by atoms with E-state index in [1.165, 1.54) is 61.7 Å². The van der Waals surface area contributed by atoms with Crippen LogP contribution in [0.1, 0.15) is 21.7 Å². The van der Waals surface area contributed by atoms with Crippen LogP contribution in [0.15, 0.2) is 70.8 Å². The fourth-order valence-electron chi connectivity index (χ4n) is 2.89. The molecule has 0 bridgehead atoms. The van der Waals surface area contributed by atoms with E-state index in [2.05, 4.69) is 10.6 Å². The molecule has 0 aliphatic heterocycles. The molecule has 0 aliphatic carbocycles. The number of ether oxygens (including phenoxy) is 1. The smallest absolute Gasteiger partial charge is 0.416 e. The van der Waals surface area contributed by atoms with Crippen LogP contribution in [0.2, 0.25) is 5.02 Å². The number of rotatable bonds is 8. The van der Waals surface area contributed by atoms with Gasteiger partial charge >= 0.3 is 6.18 Å². The van der Waals surface area contributed by atoms with Crippen LogP contribution in [0.3, 0.4) is 0 Å². The molecular weight excluding hydrogens is 473 g/mol. The van der Waals surface area contributed by atoms with Crippen molar-refractivity contribution in [2.24, 2.45) is 0 Å². The normalized spacial score (nSPS) is 11.9. The number of amides is 2. The van der Waals surface area contributed by atoms with Crippen LogP contribution in [-0.2, 0) is 15.7 Å². The van der Waals surface area contributed by atoms with Gasteiger partial charge in [0.15, 0.2) is 0 Å². The summed E-state index contributed by atoms with van der Waals surface area (Å²) in [4.78, 5) is 25.3. The number of hydrogen-bond acceptors (Lipinski definition) is 4. The number of carbonyl (C=O) groups excluding carboxylic acids is 2. The third-order valence-electron chi connectivity index (χ3n) is 4.58. The van der Waals surface area contributed by atoms with E-state index in [4.69, 9.17) is 20.8 Å². The van der Waals surface area contributed by atoms with Gasteiger partial charge in [-0.3, -0.25) is 9.59 Å². The van der Waals surface area contributed by atoms with Crippen LogP contribution in [0.4, 0.5) is 13.2 Å². The van der Waals surface area contributed by atoms with Crippen LogP contribution in [0.5, 0.6) is 0 Å².